The van der Waals surface area contributed by atoms with E-state index in [0.29, 0.717) is 43.1 Å². The summed E-state index contributed by atoms with van der Waals surface area (Å²) >= 11 is 0. The molecule has 7 aliphatic rings. The first-order valence-electron chi connectivity index (χ1n) is 15.7. The molecule has 0 radical (unpaired) electrons. The summed E-state index contributed by atoms with van der Waals surface area (Å²) in [6.07, 6.45) is 5.64. The molecule has 2 N–H and O–H groups in total. The largest absolute Gasteiger partial charge is 0.493 e. The lowest BCUT2D eigenvalue weighted by Gasteiger charge is -2.58. The molecule has 7 atom stereocenters. The highest BCUT2D eigenvalue weighted by atomic mass is 16.5. The van der Waals surface area contributed by atoms with Crippen molar-refractivity contribution in [1.82, 2.24) is 15.5 Å². The number of amides is 4. The van der Waals surface area contributed by atoms with E-state index in [4.69, 9.17) is 14.2 Å². The van der Waals surface area contributed by atoms with Crippen molar-refractivity contribution < 1.29 is 28.6 Å². The number of fused-ring (bicyclic) bond motifs is 2. The minimum absolute atomic E-state index is 0.0242. The van der Waals surface area contributed by atoms with Crippen LogP contribution in [0.3, 0.4) is 0 Å². The second-order valence-corrected chi connectivity index (χ2v) is 13.0. The molecule has 1 aliphatic carbocycles. The molecule has 1 spiro atoms. The molecular weight excluding hydrogens is 560 g/mol. The van der Waals surface area contributed by atoms with Crippen molar-refractivity contribution in [1.29, 1.82) is 0 Å². The van der Waals surface area contributed by atoms with E-state index in [-0.39, 0.29) is 29.4 Å². The van der Waals surface area contributed by atoms with E-state index in [1.54, 1.807) is 19.8 Å². The molecule has 2 aromatic rings. The molecule has 4 saturated heterocycles. The predicted octanol–water partition coefficient (Wildman–Crippen LogP) is 3.24. The van der Waals surface area contributed by atoms with Gasteiger partial charge in [0.1, 0.15) is 5.54 Å². The van der Waals surface area contributed by atoms with Crippen LogP contribution in [-0.4, -0.2) is 74.8 Å². The predicted molar refractivity (Wildman–Crippen MR) is 162 cm³/mol. The second kappa shape index (κ2) is 9.81. The van der Waals surface area contributed by atoms with Crippen LogP contribution >= 0.6 is 0 Å². The number of carbonyl (C=O) groups is 3. The van der Waals surface area contributed by atoms with E-state index in [0.717, 1.165) is 36.5 Å². The van der Waals surface area contributed by atoms with Crippen molar-refractivity contribution in [3.63, 3.8) is 0 Å². The molecule has 44 heavy (non-hydrogen) atoms. The summed E-state index contributed by atoms with van der Waals surface area (Å²) in [7, 11) is 3.36. The third-order valence-corrected chi connectivity index (χ3v) is 11.6. The van der Waals surface area contributed by atoms with Gasteiger partial charge in [-0.15, -0.1) is 0 Å². The van der Waals surface area contributed by atoms with Gasteiger partial charge in [-0.1, -0.05) is 48.9 Å². The third-order valence-electron chi connectivity index (χ3n) is 11.6. The van der Waals surface area contributed by atoms with Crippen LogP contribution in [0.4, 0.5) is 10.5 Å². The number of imide groups is 1. The highest BCUT2D eigenvalue weighted by molar-refractivity contribution is 6.07. The molecule has 5 fully saturated rings. The van der Waals surface area contributed by atoms with Crippen LogP contribution < -0.4 is 25.0 Å². The average molecular weight is 599 g/mol. The van der Waals surface area contributed by atoms with E-state index in [1.807, 2.05) is 43.3 Å². The van der Waals surface area contributed by atoms with E-state index in [2.05, 4.69) is 32.6 Å². The van der Waals surface area contributed by atoms with Crippen LogP contribution in [0.1, 0.15) is 43.7 Å². The number of nitrogens with one attached hydrogen (secondary N) is 2. The Kier molecular flexibility index (Phi) is 6.16. The van der Waals surface area contributed by atoms with Gasteiger partial charge < -0.3 is 24.4 Å². The molecule has 6 aliphatic heterocycles. The number of methoxy groups -OCH3 is 2. The first kappa shape index (κ1) is 27.6. The Hall–Kier alpha value is -3.89. The molecule has 10 nitrogen and oxygen atoms in total. The summed E-state index contributed by atoms with van der Waals surface area (Å²) in [6, 6.07) is 13.7. The fraction of sp³-hybridized carbons (Fsp3) is 0.500. The molecule has 0 unspecified atom stereocenters. The van der Waals surface area contributed by atoms with Gasteiger partial charge in [-0.2, -0.15) is 0 Å². The Balaban J connectivity index is 0.000000163. The zero-order valence-electron chi connectivity index (χ0n) is 25.3. The van der Waals surface area contributed by atoms with Gasteiger partial charge in [-0.3, -0.25) is 19.8 Å². The van der Waals surface area contributed by atoms with Crippen LogP contribution in [0.2, 0.25) is 0 Å². The van der Waals surface area contributed by atoms with Crippen molar-refractivity contribution >= 4 is 23.5 Å². The van der Waals surface area contributed by atoms with Gasteiger partial charge in [0.2, 0.25) is 5.91 Å². The Bertz CT molecular complexity index is 1590. The maximum atomic E-state index is 13.5. The fourth-order valence-electron chi connectivity index (χ4n) is 9.74. The van der Waals surface area contributed by atoms with Gasteiger partial charge in [0.25, 0.3) is 5.91 Å². The number of nitrogens with zero attached hydrogens (tertiary/aromatic N) is 2. The summed E-state index contributed by atoms with van der Waals surface area (Å²) in [6.45, 7) is 4.68. The lowest BCUT2D eigenvalue weighted by atomic mass is 9.53. The van der Waals surface area contributed by atoms with Gasteiger partial charge in [-0.05, 0) is 48.9 Å². The van der Waals surface area contributed by atoms with Crippen LogP contribution in [-0.2, 0) is 25.3 Å². The zero-order valence-corrected chi connectivity index (χ0v) is 25.3. The topological polar surface area (TPSA) is 109 Å². The maximum absolute atomic E-state index is 13.5. The number of piperidine rings is 2. The number of ether oxygens (including phenoxy) is 3. The number of carbonyl (C=O) groups excluding carboxylic acids is 3. The summed E-state index contributed by atoms with van der Waals surface area (Å²) in [5.41, 5.74) is 3.78. The second-order valence-electron chi connectivity index (χ2n) is 13.0. The average Bonchev–Trinajstić information content (AvgIpc) is 3.63. The zero-order chi connectivity index (χ0) is 30.4. The van der Waals surface area contributed by atoms with Crippen molar-refractivity contribution in [3.8, 4) is 11.5 Å². The molecule has 6 heterocycles. The standard InChI is InChI=1S/C23H26N2O4.C11H12N2O2/c1-27-16-8-14-15(9-17(16)28-2)25-20(26)10-18-21-13-7-19-23(14,22(21)25)4-5-24(19)11-12(13)3-6-29-18;1-2-11(8-6-4-3-5-7-8)9(14)12-10(15)13-11/h3,8-9,13,18-19,21-22H,4-7,10-11H2,1-2H3;3-7H,2H2,1H3,(H2,12,13,14,15)/t13-,18-,19-,21-,22-,23+;11-/m01/s1. The summed E-state index contributed by atoms with van der Waals surface area (Å²) in [5.74, 6) is 2.30. The van der Waals surface area contributed by atoms with Gasteiger partial charge in [0.15, 0.2) is 11.5 Å². The smallest absolute Gasteiger partial charge is 0.322 e. The minimum atomic E-state index is -0.891. The third kappa shape index (κ3) is 3.52. The van der Waals surface area contributed by atoms with Crippen LogP contribution in [0.25, 0.3) is 0 Å². The number of rotatable bonds is 4. The first-order valence-corrected chi connectivity index (χ1v) is 15.7. The Morgan fingerprint density at radius 3 is 2.55 bits per heavy atom. The maximum Gasteiger partial charge on any atom is 0.322 e. The first-order chi connectivity index (χ1) is 21.4. The molecule has 10 heteroatoms. The van der Waals surface area contributed by atoms with Gasteiger partial charge in [0.05, 0.1) is 45.1 Å². The van der Waals surface area contributed by atoms with Gasteiger partial charge >= 0.3 is 6.03 Å². The summed E-state index contributed by atoms with van der Waals surface area (Å²) in [4.78, 5) is 41.2. The molecule has 2 aromatic carbocycles. The SMILES string of the molecule is CC[C@]1(c2ccccc2)NC(=O)NC1=O.COc1cc2c(cc1OC)[C@@]13CCN4CC5=CCO[C@H]6CC(=O)N2[C@H]1[C@H]6[C@H]5C[C@H]43. The van der Waals surface area contributed by atoms with Crippen molar-refractivity contribution in [2.45, 2.75) is 61.7 Å². The Labute approximate surface area is 256 Å². The number of hydrogen-bond acceptors (Lipinski definition) is 7. The monoisotopic (exact) mass is 598 g/mol. The summed E-state index contributed by atoms with van der Waals surface area (Å²) in [5, 5.41) is 4.95. The molecule has 9 rings (SSSR count). The van der Waals surface area contributed by atoms with E-state index >= 15 is 0 Å². The lowest BCUT2D eigenvalue weighted by molar-refractivity contribution is -0.132. The minimum Gasteiger partial charge on any atom is -0.493 e. The molecule has 1 saturated carbocycles. The Morgan fingerprint density at radius 2 is 1.84 bits per heavy atom. The number of anilines is 1. The van der Waals surface area contributed by atoms with Gasteiger partial charge in [0, 0.05) is 30.0 Å². The van der Waals surface area contributed by atoms with E-state index in [1.165, 1.54) is 12.0 Å². The molecular formula is C34H38N4O6. The number of benzene rings is 2. The summed E-state index contributed by atoms with van der Waals surface area (Å²) < 4.78 is 17.6. The highest BCUT2D eigenvalue weighted by Gasteiger charge is 2.71. The molecule has 2 bridgehead atoms. The molecule has 4 amide bonds. The number of urea groups is 1. The normalized spacial score (nSPS) is 35.5. The van der Waals surface area contributed by atoms with Crippen molar-refractivity contribution in [2.75, 3.05) is 38.8 Å². The van der Waals surface area contributed by atoms with E-state index in [9.17, 15) is 14.4 Å². The van der Waals surface area contributed by atoms with Crippen LogP contribution in [0, 0.1) is 11.8 Å². The quantitative estimate of drug-likeness (QED) is 0.411. The van der Waals surface area contributed by atoms with Gasteiger partial charge in [-0.25, -0.2) is 4.79 Å². The molecule has 0 aromatic heterocycles. The van der Waals surface area contributed by atoms with Crippen molar-refractivity contribution in [2.24, 2.45) is 11.8 Å². The highest BCUT2D eigenvalue weighted by Crippen LogP contribution is 2.66. The lowest BCUT2D eigenvalue weighted by Crippen LogP contribution is -2.69. The van der Waals surface area contributed by atoms with Crippen LogP contribution in [0.5, 0.6) is 11.5 Å². The van der Waals surface area contributed by atoms with Crippen LogP contribution in [0.15, 0.2) is 54.1 Å². The van der Waals surface area contributed by atoms with E-state index < -0.39 is 11.6 Å². The number of hydrogen-bond donors (Lipinski definition) is 2. The fourth-order valence-corrected chi connectivity index (χ4v) is 9.74. The Morgan fingerprint density at radius 1 is 1.07 bits per heavy atom. The molecule has 230 valence electrons. The van der Waals surface area contributed by atoms with Crippen molar-refractivity contribution in [3.05, 3.63) is 65.2 Å².